The Kier molecular flexibility index (Phi) is 8.17. The van der Waals surface area contributed by atoms with Crippen molar-refractivity contribution in [1.82, 2.24) is 0 Å². The van der Waals surface area contributed by atoms with Crippen LogP contribution in [0.1, 0.15) is 56.6 Å². The Bertz CT molecular complexity index is 1160. The molecule has 35 heavy (non-hydrogen) atoms. The van der Waals surface area contributed by atoms with E-state index in [4.69, 9.17) is 9.47 Å². The van der Waals surface area contributed by atoms with E-state index < -0.39 is 11.6 Å². The largest absolute Gasteiger partial charge is 0.494 e. The molecule has 0 aliphatic heterocycles. The zero-order valence-electron chi connectivity index (χ0n) is 20.2. The van der Waals surface area contributed by atoms with E-state index in [2.05, 4.69) is 0 Å². The lowest BCUT2D eigenvalue weighted by Crippen LogP contribution is -2.20. The van der Waals surface area contributed by atoms with Crippen LogP contribution in [0.25, 0.3) is 17.2 Å². The highest BCUT2D eigenvalue weighted by Gasteiger charge is 2.26. The molecule has 1 fully saturated rings. The van der Waals surface area contributed by atoms with Crippen molar-refractivity contribution in [2.45, 2.75) is 45.4 Å². The summed E-state index contributed by atoms with van der Waals surface area (Å²) in [5.74, 6) is -1.27. The van der Waals surface area contributed by atoms with Crippen LogP contribution >= 0.6 is 0 Å². The van der Waals surface area contributed by atoms with Crippen molar-refractivity contribution >= 4 is 6.08 Å². The molecular formula is C30H31F3O2. The molecule has 0 saturated heterocycles. The number of rotatable bonds is 8. The molecule has 0 heterocycles. The van der Waals surface area contributed by atoms with Crippen LogP contribution in [-0.2, 0) is 0 Å². The second-order valence-electron chi connectivity index (χ2n) is 9.01. The van der Waals surface area contributed by atoms with Gasteiger partial charge in [-0.15, -0.1) is 0 Å². The maximum atomic E-state index is 14.8. The van der Waals surface area contributed by atoms with E-state index in [0.717, 1.165) is 36.8 Å². The summed E-state index contributed by atoms with van der Waals surface area (Å²) < 4.78 is 55.1. The average molecular weight is 481 g/mol. The predicted octanol–water partition coefficient (Wildman–Crippen LogP) is 8.56. The van der Waals surface area contributed by atoms with Gasteiger partial charge < -0.3 is 9.47 Å². The Balaban J connectivity index is 1.34. The molecule has 0 amide bonds. The number of hydrogen-bond acceptors (Lipinski definition) is 2. The van der Waals surface area contributed by atoms with Gasteiger partial charge in [-0.3, -0.25) is 0 Å². The van der Waals surface area contributed by atoms with Gasteiger partial charge in [0.1, 0.15) is 11.6 Å². The van der Waals surface area contributed by atoms with Crippen molar-refractivity contribution < 1.29 is 22.6 Å². The van der Waals surface area contributed by atoms with Gasteiger partial charge in [-0.05, 0) is 86.3 Å². The first-order chi connectivity index (χ1) is 17.0. The van der Waals surface area contributed by atoms with Gasteiger partial charge in [-0.25, -0.2) is 8.78 Å². The lowest BCUT2D eigenvalue weighted by atomic mass is 9.79. The quantitative estimate of drug-likeness (QED) is 0.322. The number of benzene rings is 3. The van der Waals surface area contributed by atoms with Crippen LogP contribution in [0.3, 0.4) is 0 Å². The maximum absolute atomic E-state index is 14.8. The maximum Gasteiger partial charge on any atom is 0.201 e. The molecule has 1 saturated carbocycles. The van der Waals surface area contributed by atoms with Gasteiger partial charge in [-0.1, -0.05) is 42.5 Å². The van der Waals surface area contributed by atoms with Crippen LogP contribution in [0.5, 0.6) is 11.5 Å². The predicted molar refractivity (Wildman–Crippen MR) is 134 cm³/mol. The van der Waals surface area contributed by atoms with Crippen molar-refractivity contribution in [2.24, 2.45) is 5.92 Å². The van der Waals surface area contributed by atoms with Crippen molar-refractivity contribution in [2.75, 3.05) is 13.2 Å². The molecule has 3 aromatic rings. The molecule has 0 aromatic heterocycles. The third kappa shape index (κ3) is 5.90. The molecule has 0 bridgehead atoms. The van der Waals surface area contributed by atoms with E-state index >= 15 is 0 Å². The monoisotopic (exact) mass is 480 g/mol. The minimum absolute atomic E-state index is 0.0727. The van der Waals surface area contributed by atoms with E-state index in [1.165, 1.54) is 12.1 Å². The van der Waals surface area contributed by atoms with Crippen LogP contribution in [0, 0.1) is 23.4 Å². The smallest absolute Gasteiger partial charge is 0.201 e. The molecule has 0 spiro atoms. The third-order valence-corrected chi connectivity index (χ3v) is 6.67. The summed E-state index contributed by atoms with van der Waals surface area (Å²) >= 11 is 0. The molecule has 184 valence electrons. The molecule has 1 aliphatic rings. The van der Waals surface area contributed by atoms with Gasteiger partial charge in [-0.2, -0.15) is 4.39 Å². The topological polar surface area (TPSA) is 18.5 Å². The standard InChI is InChI=1S/C30H31F3O2/c1-3-5-20-6-10-23(11-7-20)26-16-17-28(30(33)29(26)32)35-19-21-8-12-22(13-9-21)25-15-14-24(34-4-2)18-27(25)31/h3,5-7,10-11,14-18,21-22H,4,8-9,12-13,19H2,1-2H3. The number of halogens is 3. The van der Waals surface area contributed by atoms with Gasteiger partial charge in [0.2, 0.25) is 5.82 Å². The van der Waals surface area contributed by atoms with E-state index in [0.29, 0.717) is 24.5 Å². The minimum Gasteiger partial charge on any atom is -0.494 e. The summed E-state index contributed by atoms with van der Waals surface area (Å²) in [5.41, 5.74) is 2.54. The Morgan fingerprint density at radius 1 is 0.857 bits per heavy atom. The zero-order valence-corrected chi connectivity index (χ0v) is 20.2. The first kappa shape index (κ1) is 24.9. The fourth-order valence-electron chi connectivity index (χ4n) is 4.78. The van der Waals surface area contributed by atoms with Crippen LogP contribution in [-0.4, -0.2) is 13.2 Å². The van der Waals surface area contributed by atoms with E-state index in [9.17, 15) is 13.2 Å². The Labute approximate surface area is 205 Å². The second kappa shape index (κ2) is 11.5. The van der Waals surface area contributed by atoms with Crippen LogP contribution in [0.4, 0.5) is 13.2 Å². The third-order valence-electron chi connectivity index (χ3n) is 6.67. The van der Waals surface area contributed by atoms with E-state index in [1.807, 2.05) is 50.3 Å². The molecular weight excluding hydrogens is 449 g/mol. The Hall–Kier alpha value is -3.21. The Morgan fingerprint density at radius 3 is 2.26 bits per heavy atom. The Morgan fingerprint density at radius 2 is 1.60 bits per heavy atom. The number of allylic oxidation sites excluding steroid dienone is 1. The van der Waals surface area contributed by atoms with Gasteiger partial charge >= 0.3 is 0 Å². The van der Waals surface area contributed by atoms with Crippen molar-refractivity contribution in [3.05, 3.63) is 89.3 Å². The lowest BCUT2D eigenvalue weighted by molar-refractivity contribution is 0.192. The fourth-order valence-corrected chi connectivity index (χ4v) is 4.78. The van der Waals surface area contributed by atoms with Crippen molar-refractivity contribution in [3.63, 3.8) is 0 Å². The first-order valence-corrected chi connectivity index (χ1v) is 12.3. The summed E-state index contributed by atoms with van der Waals surface area (Å²) in [6.45, 7) is 4.61. The normalized spacial score (nSPS) is 18.1. The molecule has 0 radical (unpaired) electrons. The highest BCUT2D eigenvalue weighted by Crippen LogP contribution is 2.38. The van der Waals surface area contributed by atoms with E-state index in [-0.39, 0.29) is 29.0 Å². The summed E-state index contributed by atoms with van der Waals surface area (Å²) in [4.78, 5) is 0. The molecule has 2 nitrogen and oxygen atoms in total. The van der Waals surface area contributed by atoms with Gasteiger partial charge in [0.25, 0.3) is 0 Å². The number of hydrogen-bond donors (Lipinski definition) is 0. The second-order valence-corrected chi connectivity index (χ2v) is 9.01. The van der Waals surface area contributed by atoms with Crippen molar-refractivity contribution in [1.29, 1.82) is 0 Å². The summed E-state index contributed by atoms with van der Waals surface area (Å²) in [5, 5.41) is 0. The molecule has 1 aliphatic carbocycles. The van der Waals surface area contributed by atoms with Crippen LogP contribution < -0.4 is 9.47 Å². The van der Waals surface area contributed by atoms with Gasteiger partial charge in [0, 0.05) is 11.6 Å². The molecule has 0 N–H and O–H groups in total. The zero-order chi connectivity index (χ0) is 24.8. The summed E-state index contributed by atoms with van der Waals surface area (Å²) in [7, 11) is 0. The number of ether oxygens (including phenoxy) is 2. The first-order valence-electron chi connectivity index (χ1n) is 12.3. The highest BCUT2D eigenvalue weighted by atomic mass is 19.2. The lowest BCUT2D eigenvalue weighted by Gasteiger charge is -2.29. The molecule has 0 atom stereocenters. The minimum atomic E-state index is -0.967. The SMILES string of the molecule is CC=Cc1ccc(-c2ccc(OCC3CCC(c4ccc(OCC)cc4F)CC3)c(F)c2F)cc1. The van der Waals surface area contributed by atoms with E-state index in [1.54, 1.807) is 18.2 Å². The van der Waals surface area contributed by atoms with Crippen LogP contribution in [0.15, 0.2) is 60.7 Å². The van der Waals surface area contributed by atoms with Gasteiger partial charge in [0.15, 0.2) is 11.6 Å². The summed E-state index contributed by atoms with van der Waals surface area (Å²) in [6, 6.07) is 15.4. The average Bonchev–Trinajstić information content (AvgIpc) is 2.87. The highest BCUT2D eigenvalue weighted by molar-refractivity contribution is 5.67. The van der Waals surface area contributed by atoms with Crippen molar-refractivity contribution in [3.8, 4) is 22.6 Å². The summed E-state index contributed by atoms with van der Waals surface area (Å²) in [6.07, 6.45) is 7.22. The van der Waals surface area contributed by atoms with Crippen LogP contribution in [0.2, 0.25) is 0 Å². The molecule has 4 rings (SSSR count). The molecule has 3 aromatic carbocycles. The molecule has 5 heteroatoms. The fraction of sp³-hybridized carbons (Fsp3) is 0.333. The van der Waals surface area contributed by atoms with Gasteiger partial charge in [0.05, 0.1) is 13.2 Å². The molecule has 0 unspecified atom stereocenters.